The van der Waals surface area contributed by atoms with Crippen molar-refractivity contribution < 1.29 is 4.79 Å². The summed E-state index contributed by atoms with van der Waals surface area (Å²) in [7, 11) is 0. The van der Waals surface area contributed by atoms with Crippen LogP contribution in [0, 0.1) is 0 Å². The summed E-state index contributed by atoms with van der Waals surface area (Å²) in [6.07, 6.45) is 1.64. The van der Waals surface area contributed by atoms with Crippen LogP contribution in [0.3, 0.4) is 0 Å². The standard InChI is InChI=1S/C18H17N3O2S2/c1-3-9-21-17(23)13-10-14(12-7-5-4-6-8-12)25-16(13)20-18(21)24-11(2)15(19)22/h3-8,10-11H,1,9H2,2H3,(H2,19,22). The lowest BCUT2D eigenvalue weighted by molar-refractivity contribution is -0.117. The molecule has 1 unspecified atom stereocenters. The molecule has 5 nitrogen and oxygen atoms in total. The third-order valence-electron chi connectivity index (χ3n) is 3.67. The maximum Gasteiger partial charge on any atom is 0.263 e. The quantitative estimate of drug-likeness (QED) is 0.410. The fraction of sp³-hybridized carbons (Fsp3) is 0.167. The van der Waals surface area contributed by atoms with Crippen molar-refractivity contribution in [3.63, 3.8) is 0 Å². The summed E-state index contributed by atoms with van der Waals surface area (Å²) in [5, 5.41) is 0.570. The van der Waals surface area contributed by atoms with Crippen molar-refractivity contribution in [1.29, 1.82) is 0 Å². The number of nitrogens with zero attached hydrogens (tertiary/aromatic N) is 2. The van der Waals surface area contributed by atoms with Crippen LogP contribution in [0.15, 0.2) is 59.0 Å². The van der Waals surface area contributed by atoms with Gasteiger partial charge in [-0.2, -0.15) is 0 Å². The van der Waals surface area contributed by atoms with Crippen molar-refractivity contribution >= 4 is 39.2 Å². The van der Waals surface area contributed by atoms with Crippen LogP contribution in [0.25, 0.3) is 20.7 Å². The van der Waals surface area contributed by atoms with Gasteiger partial charge in [-0.25, -0.2) is 4.98 Å². The minimum atomic E-state index is -0.478. The monoisotopic (exact) mass is 371 g/mol. The number of fused-ring (bicyclic) bond motifs is 1. The van der Waals surface area contributed by atoms with E-state index in [4.69, 9.17) is 5.73 Å². The van der Waals surface area contributed by atoms with Crippen molar-refractivity contribution in [3.05, 3.63) is 59.4 Å². The highest BCUT2D eigenvalue weighted by molar-refractivity contribution is 8.00. The highest BCUT2D eigenvalue weighted by Gasteiger charge is 2.18. The van der Waals surface area contributed by atoms with Crippen LogP contribution in [0.5, 0.6) is 0 Å². The van der Waals surface area contributed by atoms with E-state index in [9.17, 15) is 9.59 Å². The van der Waals surface area contributed by atoms with Gasteiger partial charge in [0.2, 0.25) is 5.91 Å². The van der Waals surface area contributed by atoms with Gasteiger partial charge < -0.3 is 5.73 Å². The number of nitrogens with two attached hydrogens (primary N) is 1. The van der Waals surface area contributed by atoms with Crippen molar-refractivity contribution in [2.75, 3.05) is 0 Å². The lowest BCUT2D eigenvalue weighted by atomic mass is 10.2. The van der Waals surface area contributed by atoms with Crippen LogP contribution in [0.2, 0.25) is 0 Å². The molecule has 0 bridgehead atoms. The lowest BCUT2D eigenvalue weighted by Crippen LogP contribution is -2.26. The number of carbonyl (C=O) groups is 1. The molecular weight excluding hydrogens is 354 g/mol. The lowest BCUT2D eigenvalue weighted by Gasteiger charge is -2.12. The van der Waals surface area contributed by atoms with Gasteiger partial charge in [0.15, 0.2) is 5.16 Å². The molecule has 0 aliphatic heterocycles. The summed E-state index contributed by atoms with van der Waals surface area (Å²) in [4.78, 5) is 30.5. The molecular formula is C18H17N3O2S2. The molecule has 0 radical (unpaired) electrons. The van der Waals surface area contributed by atoms with Crippen molar-refractivity contribution in [2.45, 2.75) is 23.9 Å². The maximum atomic E-state index is 12.9. The van der Waals surface area contributed by atoms with Gasteiger partial charge in [-0.15, -0.1) is 17.9 Å². The van der Waals surface area contributed by atoms with Crippen LogP contribution in [-0.4, -0.2) is 20.7 Å². The van der Waals surface area contributed by atoms with E-state index in [1.165, 1.54) is 27.7 Å². The molecule has 3 aromatic rings. The van der Waals surface area contributed by atoms with E-state index in [1.807, 2.05) is 36.4 Å². The van der Waals surface area contributed by atoms with Crippen LogP contribution >= 0.6 is 23.1 Å². The number of rotatable bonds is 6. The molecule has 1 aromatic carbocycles. The number of allylic oxidation sites excluding steroid dienone is 1. The van der Waals surface area contributed by atoms with E-state index < -0.39 is 11.2 Å². The number of carbonyl (C=O) groups excluding carboxylic acids is 1. The zero-order valence-corrected chi connectivity index (χ0v) is 15.3. The first-order valence-electron chi connectivity index (χ1n) is 7.68. The number of aromatic nitrogens is 2. The van der Waals surface area contributed by atoms with Crippen molar-refractivity contribution in [3.8, 4) is 10.4 Å². The van der Waals surface area contributed by atoms with Crippen LogP contribution in [-0.2, 0) is 11.3 Å². The molecule has 2 heterocycles. The van der Waals surface area contributed by atoms with E-state index in [0.717, 1.165) is 10.4 Å². The molecule has 0 aliphatic rings. The van der Waals surface area contributed by atoms with Crippen LogP contribution < -0.4 is 11.3 Å². The Morgan fingerprint density at radius 2 is 2.16 bits per heavy atom. The number of benzene rings is 1. The number of primary amides is 1. The van der Waals surface area contributed by atoms with E-state index in [0.29, 0.717) is 21.9 Å². The number of thioether (sulfide) groups is 1. The molecule has 1 atom stereocenters. The molecule has 1 amide bonds. The second-order valence-electron chi connectivity index (χ2n) is 5.46. The fourth-order valence-corrected chi connectivity index (χ4v) is 4.28. The normalized spacial score (nSPS) is 12.2. The predicted octanol–water partition coefficient (Wildman–Crippen LogP) is 3.28. The minimum Gasteiger partial charge on any atom is -0.369 e. The van der Waals surface area contributed by atoms with E-state index in [-0.39, 0.29) is 5.56 Å². The molecule has 128 valence electrons. The molecule has 0 saturated carbocycles. The maximum absolute atomic E-state index is 12.9. The highest BCUT2D eigenvalue weighted by Crippen LogP contribution is 2.32. The van der Waals surface area contributed by atoms with Gasteiger partial charge in [0.25, 0.3) is 5.56 Å². The second kappa shape index (κ2) is 7.25. The molecule has 0 saturated heterocycles. The Hall–Kier alpha value is -2.38. The second-order valence-corrected chi connectivity index (χ2v) is 7.80. The Morgan fingerprint density at radius 1 is 1.44 bits per heavy atom. The smallest absolute Gasteiger partial charge is 0.263 e. The molecule has 25 heavy (non-hydrogen) atoms. The third kappa shape index (κ3) is 3.52. The molecule has 0 spiro atoms. The molecule has 0 fully saturated rings. The summed E-state index contributed by atoms with van der Waals surface area (Å²) in [6.45, 7) is 5.72. The van der Waals surface area contributed by atoms with E-state index in [1.54, 1.807) is 13.0 Å². The first-order chi connectivity index (χ1) is 12.0. The zero-order valence-electron chi connectivity index (χ0n) is 13.6. The molecule has 2 aromatic heterocycles. The van der Waals surface area contributed by atoms with Gasteiger partial charge in [0, 0.05) is 11.4 Å². The first-order valence-corrected chi connectivity index (χ1v) is 9.37. The Morgan fingerprint density at radius 3 is 2.80 bits per heavy atom. The average molecular weight is 371 g/mol. The largest absolute Gasteiger partial charge is 0.369 e. The predicted molar refractivity (Wildman–Crippen MR) is 104 cm³/mol. The number of hydrogen-bond donors (Lipinski definition) is 1. The Bertz CT molecular complexity index is 993. The van der Waals surface area contributed by atoms with Gasteiger partial charge >= 0.3 is 0 Å². The highest BCUT2D eigenvalue weighted by atomic mass is 32.2. The van der Waals surface area contributed by atoms with Crippen LogP contribution in [0.4, 0.5) is 0 Å². The zero-order chi connectivity index (χ0) is 18.0. The van der Waals surface area contributed by atoms with Gasteiger partial charge in [0.1, 0.15) is 4.83 Å². The molecule has 0 aliphatic carbocycles. The van der Waals surface area contributed by atoms with Gasteiger partial charge in [0.05, 0.1) is 10.6 Å². The van der Waals surface area contributed by atoms with Gasteiger partial charge in [-0.05, 0) is 18.6 Å². The average Bonchev–Trinajstić information content (AvgIpc) is 3.03. The Labute approximate surface area is 153 Å². The van der Waals surface area contributed by atoms with Gasteiger partial charge in [-0.3, -0.25) is 14.2 Å². The number of amides is 1. The number of hydrogen-bond acceptors (Lipinski definition) is 5. The van der Waals surface area contributed by atoms with Crippen molar-refractivity contribution in [1.82, 2.24) is 9.55 Å². The minimum absolute atomic E-state index is 0.137. The van der Waals surface area contributed by atoms with Gasteiger partial charge in [-0.1, -0.05) is 48.2 Å². The van der Waals surface area contributed by atoms with E-state index in [2.05, 4.69) is 11.6 Å². The first kappa shape index (κ1) is 17.4. The summed E-state index contributed by atoms with van der Waals surface area (Å²) in [5.74, 6) is -0.444. The number of thiophene rings is 1. The summed E-state index contributed by atoms with van der Waals surface area (Å²) < 4.78 is 1.53. The molecule has 7 heteroatoms. The topological polar surface area (TPSA) is 78.0 Å². The molecule has 2 N–H and O–H groups in total. The third-order valence-corrected chi connectivity index (χ3v) is 5.86. The summed E-state index contributed by atoms with van der Waals surface area (Å²) >= 11 is 2.65. The van der Waals surface area contributed by atoms with Crippen LogP contribution in [0.1, 0.15) is 6.92 Å². The fourth-order valence-electron chi connectivity index (χ4n) is 2.34. The Balaban J connectivity index is 2.16. The summed E-state index contributed by atoms with van der Waals surface area (Å²) in [5.41, 5.74) is 6.25. The van der Waals surface area contributed by atoms with Crippen molar-refractivity contribution in [2.24, 2.45) is 5.73 Å². The Kier molecular flexibility index (Phi) is 5.06. The van der Waals surface area contributed by atoms with E-state index >= 15 is 0 Å². The SMILES string of the molecule is C=CCn1c(SC(C)C(N)=O)nc2sc(-c3ccccc3)cc2c1=O. The summed E-state index contributed by atoms with van der Waals surface area (Å²) in [6, 6.07) is 11.7. The molecule has 3 rings (SSSR count).